The molecule has 0 aromatic heterocycles. The van der Waals surface area contributed by atoms with E-state index in [1.807, 2.05) is 33.8 Å². The molecule has 1 fully saturated rings. The van der Waals surface area contributed by atoms with Gasteiger partial charge in [-0.05, 0) is 69.9 Å². The molecule has 0 unspecified atom stereocenters. The molecular formula is C21H23BF3NO3. The monoisotopic (exact) mass is 405 g/mol. The van der Waals surface area contributed by atoms with Crippen LogP contribution in [0.25, 0.3) is 0 Å². The third-order valence-electron chi connectivity index (χ3n) is 5.58. The van der Waals surface area contributed by atoms with Crippen molar-refractivity contribution < 1.29 is 27.3 Å². The summed E-state index contributed by atoms with van der Waals surface area (Å²) in [5.74, 6) is -0.500. The van der Waals surface area contributed by atoms with Crippen molar-refractivity contribution >= 4 is 24.2 Å². The first-order chi connectivity index (χ1) is 13.3. The number of rotatable bonds is 3. The van der Waals surface area contributed by atoms with Gasteiger partial charge in [0.05, 0.1) is 16.8 Å². The highest BCUT2D eigenvalue weighted by molar-refractivity contribution is 6.62. The molecule has 1 aliphatic heterocycles. The van der Waals surface area contributed by atoms with Crippen molar-refractivity contribution in [2.75, 3.05) is 5.32 Å². The van der Waals surface area contributed by atoms with E-state index in [2.05, 4.69) is 5.32 Å². The third-order valence-corrected chi connectivity index (χ3v) is 5.58. The fraction of sp³-hybridized carbons (Fsp3) is 0.381. The first-order valence-electron chi connectivity index (χ1n) is 9.25. The Morgan fingerprint density at radius 2 is 1.59 bits per heavy atom. The topological polar surface area (TPSA) is 47.6 Å². The van der Waals surface area contributed by atoms with Crippen LogP contribution in [0.5, 0.6) is 0 Å². The summed E-state index contributed by atoms with van der Waals surface area (Å²) < 4.78 is 50.8. The predicted octanol–water partition coefficient (Wildman–Crippen LogP) is 4.57. The van der Waals surface area contributed by atoms with Crippen LogP contribution >= 0.6 is 0 Å². The SMILES string of the molecule is Cc1c(B2OC(C)(C)C(C)(C)O2)cccc1C(=O)Nc1cccc(C(F)(F)F)c1. The molecule has 3 rings (SSSR count). The summed E-state index contributed by atoms with van der Waals surface area (Å²) in [7, 11) is -0.638. The molecule has 0 radical (unpaired) electrons. The number of carbonyl (C=O) groups is 1. The molecule has 154 valence electrons. The number of hydrogen-bond donors (Lipinski definition) is 1. The van der Waals surface area contributed by atoms with Gasteiger partial charge >= 0.3 is 13.3 Å². The lowest BCUT2D eigenvalue weighted by Crippen LogP contribution is -2.41. The van der Waals surface area contributed by atoms with Crippen LogP contribution in [0.1, 0.15) is 49.2 Å². The molecule has 0 bridgehead atoms. The summed E-state index contributed by atoms with van der Waals surface area (Å²) in [6.07, 6.45) is -4.48. The Morgan fingerprint density at radius 1 is 1.00 bits per heavy atom. The summed E-state index contributed by atoms with van der Waals surface area (Å²) in [5.41, 5.74) is -0.102. The normalized spacial score (nSPS) is 18.0. The lowest BCUT2D eigenvalue weighted by molar-refractivity contribution is -0.137. The average Bonchev–Trinajstić information content (AvgIpc) is 2.82. The van der Waals surface area contributed by atoms with Gasteiger partial charge in [-0.1, -0.05) is 18.2 Å². The van der Waals surface area contributed by atoms with Crippen LogP contribution in [0.3, 0.4) is 0 Å². The van der Waals surface area contributed by atoms with E-state index in [9.17, 15) is 18.0 Å². The van der Waals surface area contributed by atoms with Gasteiger partial charge in [-0.3, -0.25) is 4.79 Å². The zero-order valence-corrected chi connectivity index (χ0v) is 17.0. The summed E-state index contributed by atoms with van der Waals surface area (Å²) in [4.78, 5) is 12.7. The minimum Gasteiger partial charge on any atom is -0.399 e. The summed E-state index contributed by atoms with van der Waals surface area (Å²) in [6, 6.07) is 9.68. The second-order valence-corrected chi connectivity index (χ2v) is 8.14. The molecule has 1 aliphatic rings. The minimum absolute atomic E-state index is 0.0743. The zero-order chi connectivity index (χ0) is 21.6. The van der Waals surface area contributed by atoms with E-state index in [0.717, 1.165) is 12.1 Å². The number of nitrogens with one attached hydrogen (secondary N) is 1. The molecule has 0 spiro atoms. The molecule has 0 saturated carbocycles. The Hall–Kier alpha value is -2.32. The Morgan fingerprint density at radius 3 is 2.17 bits per heavy atom. The van der Waals surface area contributed by atoms with Gasteiger partial charge in [-0.15, -0.1) is 0 Å². The molecule has 2 aromatic rings. The highest BCUT2D eigenvalue weighted by Gasteiger charge is 2.52. The largest absolute Gasteiger partial charge is 0.495 e. The molecule has 8 heteroatoms. The van der Waals surface area contributed by atoms with Gasteiger partial charge in [-0.25, -0.2) is 0 Å². The molecule has 1 saturated heterocycles. The quantitative estimate of drug-likeness (QED) is 0.762. The fourth-order valence-electron chi connectivity index (χ4n) is 3.10. The van der Waals surface area contributed by atoms with E-state index in [0.29, 0.717) is 16.6 Å². The smallest absolute Gasteiger partial charge is 0.399 e. The average molecular weight is 405 g/mol. The van der Waals surface area contributed by atoms with E-state index in [1.54, 1.807) is 19.1 Å². The summed E-state index contributed by atoms with van der Waals surface area (Å²) >= 11 is 0. The van der Waals surface area contributed by atoms with E-state index < -0.39 is 36.0 Å². The van der Waals surface area contributed by atoms with E-state index in [4.69, 9.17) is 9.31 Å². The number of amides is 1. The highest BCUT2D eigenvalue weighted by atomic mass is 19.4. The molecule has 1 amide bonds. The number of hydrogen-bond acceptors (Lipinski definition) is 3. The van der Waals surface area contributed by atoms with Crippen molar-refractivity contribution in [3.8, 4) is 0 Å². The van der Waals surface area contributed by atoms with Crippen molar-refractivity contribution in [1.82, 2.24) is 0 Å². The van der Waals surface area contributed by atoms with Crippen LogP contribution < -0.4 is 10.8 Å². The molecular weight excluding hydrogens is 382 g/mol. The van der Waals surface area contributed by atoms with Gasteiger partial charge in [0, 0.05) is 11.3 Å². The maximum Gasteiger partial charge on any atom is 0.495 e. The van der Waals surface area contributed by atoms with Crippen LogP contribution in [0.15, 0.2) is 42.5 Å². The van der Waals surface area contributed by atoms with E-state index in [1.165, 1.54) is 12.1 Å². The third kappa shape index (κ3) is 4.18. The highest BCUT2D eigenvalue weighted by Crippen LogP contribution is 2.37. The van der Waals surface area contributed by atoms with Gasteiger partial charge in [0.2, 0.25) is 0 Å². The number of halogens is 3. The van der Waals surface area contributed by atoms with Crippen molar-refractivity contribution in [2.24, 2.45) is 0 Å². The second kappa shape index (κ2) is 7.18. The van der Waals surface area contributed by atoms with Crippen molar-refractivity contribution in [3.05, 3.63) is 59.2 Å². The number of benzene rings is 2. The molecule has 29 heavy (non-hydrogen) atoms. The predicted molar refractivity (Wildman–Crippen MR) is 106 cm³/mol. The summed E-state index contributed by atoms with van der Waals surface area (Å²) in [5, 5.41) is 2.54. The minimum atomic E-state index is -4.48. The summed E-state index contributed by atoms with van der Waals surface area (Å²) in [6.45, 7) is 9.51. The van der Waals surface area contributed by atoms with Crippen LogP contribution in [-0.4, -0.2) is 24.2 Å². The maximum atomic E-state index is 12.9. The lowest BCUT2D eigenvalue weighted by atomic mass is 9.75. The van der Waals surface area contributed by atoms with Crippen LogP contribution in [0.4, 0.5) is 18.9 Å². The first-order valence-corrected chi connectivity index (χ1v) is 9.25. The zero-order valence-electron chi connectivity index (χ0n) is 17.0. The molecule has 2 aromatic carbocycles. The van der Waals surface area contributed by atoms with Crippen molar-refractivity contribution in [2.45, 2.75) is 52.0 Å². The van der Waals surface area contributed by atoms with Crippen molar-refractivity contribution in [3.63, 3.8) is 0 Å². The van der Waals surface area contributed by atoms with Crippen LogP contribution in [-0.2, 0) is 15.5 Å². The van der Waals surface area contributed by atoms with Gasteiger partial charge in [-0.2, -0.15) is 13.2 Å². The maximum absolute atomic E-state index is 12.9. The molecule has 1 N–H and O–H groups in total. The van der Waals surface area contributed by atoms with Crippen LogP contribution in [0, 0.1) is 6.92 Å². The Bertz CT molecular complexity index is 925. The number of carbonyl (C=O) groups excluding carboxylic acids is 1. The first kappa shape index (κ1) is 21.4. The Labute approximate surface area is 168 Å². The number of anilines is 1. The molecule has 0 atom stereocenters. The molecule has 0 aliphatic carbocycles. The van der Waals surface area contributed by atoms with Gasteiger partial charge in [0.1, 0.15) is 0 Å². The fourth-order valence-corrected chi connectivity index (χ4v) is 3.10. The standard InChI is InChI=1S/C21H23BF3NO3/c1-13-16(18(27)26-15-9-6-8-14(12-15)21(23,24)25)10-7-11-17(13)22-28-19(2,3)20(4,5)29-22/h6-12H,1-5H3,(H,26,27). The Balaban J connectivity index is 1.86. The van der Waals surface area contributed by atoms with Gasteiger partial charge < -0.3 is 14.6 Å². The molecule has 4 nitrogen and oxygen atoms in total. The van der Waals surface area contributed by atoms with Crippen molar-refractivity contribution in [1.29, 1.82) is 0 Å². The van der Waals surface area contributed by atoms with Gasteiger partial charge in [0.25, 0.3) is 5.91 Å². The molecule has 1 heterocycles. The second-order valence-electron chi connectivity index (χ2n) is 8.14. The van der Waals surface area contributed by atoms with E-state index >= 15 is 0 Å². The van der Waals surface area contributed by atoms with E-state index in [-0.39, 0.29) is 5.69 Å². The Kier molecular flexibility index (Phi) is 5.30. The van der Waals surface area contributed by atoms with Gasteiger partial charge in [0.15, 0.2) is 0 Å². The number of alkyl halides is 3. The van der Waals surface area contributed by atoms with Crippen LogP contribution in [0.2, 0.25) is 0 Å². The lowest BCUT2D eigenvalue weighted by Gasteiger charge is -2.32.